The number of aromatic nitrogens is 4. The Morgan fingerprint density at radius 1 is 1.23 bits per heavy atom. The van der Waals surface area contributed by atoms with E-state index in [9.17, 15) is 8.42 Å². The molecule has 1 atom stereocenters. The van der Waals surface area contributed by atoms with Gasteiger partial charge in [0.05, 0.1) is 12.5 Å². The molecule has 3 heterocycles. The summed E-state index contributed by atoms with van der Waals surface area (Å²) in [6, 6.07) is 9.38. The average Bonchev–Trinajstić information content (AvgIpc) is 3.35. The molecule has 0 unspecified atom stereocenters. The molecule has 1 aliphatic heterocycles. The maximum Gasteiger partial charge on any atom is 0.277 e. The zero-order chi connectivity index (χ0) is 18.0. The molecule has 0 spiro atoms. The van der Waals surface area contributed by atoms with E-state index >= 15 is 0 Å². The number of H-pyrrole nitrogens is 1. The van der Waals surface area contributed by atoms with Crippen LogP contribution in [0.1, 0.15) is 42.6 Å². The van der Waals surface area contributed by atoms with Gasteiger partial charge in [-0.2, -0.15) is 9.29 Å². The third kappa shape index (κ3) is 3.27. The Hall–Kier alpha value is -2.52. The summed E-state index contributed by atoms with van der Waals surface area (Å²) < 4.78 is 32.5. The molecule has 26 heavy (non-hydrogen) atoms. The highest BCUT2D eigenvalue weighted by molar-refractivity contribution is 7.89. The number of nitrogens with zero attached hydrogens (tertiary/aromatic N) is 4. The SMILES string of the molecule is O=S(=O)(c1ncc[nH]1)N1CCCC[C@H]1c1noc(Cc2ccccc2)n1. The lowest BCUT2D eigenvalue weighted by atomic mass is 10.0. The number of aromatic amines is 1. The summed E-state index contributed by atoms with van der Waals surface area (Å²) in [5.41, 5.74) is 1.06. The van der Waals surface area contributed by atoms with Crippen LogP contribution in [0, 0.1) is 0 Å². The molecule has 1 fully saturated rings. The van der Waals surface area contributed by atoms with Gasteiger partial charge in [-0.3, -0.25) is 0 Å². The molecule has 1 aromatic carbocycles. The summed E-state index contributed by atoms with van der Waals surface area (Å²) in [4.78, 5) is 11.0. The zero-order valence-corrected chi connectivity index (χ0v) is 14.9. The first kappa shape index (κ1) is 16.9. The van der Waals surface area contributed by atoms with Crippen molar-refractivity contribution in [2.75, 3.05) is 6.54 Å². The van der Waals surface area contributed by atoms with Crippen molar-refractivity contribution in [2.45, 2.75) is 36.9 Å². The van der Waals surface area contributed by atoms with Gasteiger partial charge in [-0.15, -0.1) is 0 Å². The highest BCUT2D eigenvalue weighted by Crippen LogP contribution is 2.33. The summed E-state index contributed by atoms with van der Waals surface area (Å²) in [7, 11) is -3.72. The molecule has 0 bridgehead atoms. The van der Waals surface area contributed by atoms with E-state index in [2.05, 4.69) is 20.1 Å². The van der Waals surface area contributed by atoms with Gasteiger partial charge in [0, 0.05) is 18.9 Å². The van der Waals surface area contributed by atoms with Crippen LogP contribution in [0.5, 0.6) is 0 Å². The quantitative estimate of drug-likeness (QED) is 0.736. The molecule has 2 aromatic heterocycles. The third-order valence-electron chi connectivity index (χ3n) is 4.46. The van der Waals surface area contributed by atoms with Gasteiger partial charge in [-0.05, 0) is 18.4 Å². The predicted octanol–water partition coefficient (Wildman–Crippen LogP) is 2.30. The van der Waals surface area contributed by atoms with Crippen molar-refractivity contribution in [3.8, 4) is 0 Å². The molecular formula is C17H19N5O3S. The van der Waals surface area contributed by atoms with Crippen molar-refractivity contribution >= 4 is 10.0 Å². The summed E-state index contributed by atoms with van der Waals surface area (Å²) in [6.07, 6.45) is 5.81. The molecular weight excluding hydrogens is 354 g/mol. The van der Waals surface area contributed by atoms with Crippen LogP contribution in [0.3, 0.4) is 0 Å². The molecule has 0 aliphatic carbocycles. The summed E-state index contributed by atoms with van der Waals surface area (Å²) in [5.74, 6) is 0.887. The number of sulfonamides is 1. The molecule has 1 N–H and O–H groups in total. The van der Waals surface area contributed by atoms with Gasteiger partial charge in [0.2, 0.25) is 11.0 Å². The van der Waals surface area contributed by atoms with E-state index in [-0.39, 0.29) is 5.16 Å². The van der Waals surface area contributed by atoms with Gasteiger partial charge < -0.3 is 9.51 Å². The van der Waals surface area contributed by atoms with Crippen LogP contribution in [0.15, 0.2) is 52.4 Å². The van der Waals surface area contributed by atoms with E-state index in [1.165, 1.54) is 16.7 Å². The lowest BCUT2D eigenvalue weighted by Crippen LogP contribution is -2.39. The minimum Gasteiger partial charge on any atom is -0.339 e. The lowest BCUT2D eigenvalue weighted by Gasteiger charge is -2.31. The van der Waals surface area contributed by atoms with Gasteiger partial charge in [0.1, 0.15) is 0 Å². The summed E-state index contributed by atoms with van der Waals surface area (Å²) >= 11 is 0. The highest BCUT2D eigenvalue weighted by Gasteiger charge is 2.38. The van der Waals surface area contributed by atoms with Crippen LogP contribution in [0.25, 0.3) is 0 Å². The van der Waals surface area contributed by atoms with E-state index < -0.39 is 16.1 Å². The molecule has 1 aliphatic rings. The first-order valence-electron chi connectivity index (χ1n) is 8.52. The van der Waals surface area contributed by atoms with Crippen molar-refractivity contribution in [3.63, 3.8) is 0 Å². The topological polar surface area (TPSA) is 105 Å². The van der Waals surface area contributed by atoms with E-state index in [0.717, 1.165) is 18.4 Å². The molecule has 4 rings (SSSR count). The lowest BCUT2D eigenvalue weighted by molar-refractivity contribution is 0.239. The van der Waals surface area contributed by atoms with Crippen LogP contribution in [-0.4, -0.2) is 39.4 Å². The fraction of sp³-hybridized carbons (Fsp3) is 0.353. The summed E-state index contributed by atoms with van der Waals surface area (Å²) in [5, 5.41) is 4.00. The molecule has 0 radical (unpaired) electrons. The standard InChI is InChI=1S/C17H19N5O3S/c23-26(24,17-18-9-10-19-17)22-11-5-4-8-14(22)16-20-15(25-21-16)12-13-6-2-1-3-7-13/h1-3,6-7,9-10,14H,4-5,8,11-12H2,(H,18,19)/t14-/m0/s1. The number of imidazole rings is 1. The zero-order valence-electron chi connectivity index (χ0n) is 14.1. The second-order valence-corrected chi connectivity index (χ2v) is 8.04. The second-order valence-electron chi connectivity index (χ2n) is 6.23. The Kier molecular flexibility index (Phi) is 4.56. The first-order chi connectivity index (χ1) is 12.6. The van der Waals surface area contributed by atoms with Crippen molar-refractivity contribution in [2.24, 2.45) is 0 Å². The fourth-order valence-electron chi connectivity index (χ4n) is 3.20. The van der Waals surface area contributed by atoms with Crippen LogP contribution in [0.2, 0.25) is 0 Å². The van der Waals surface area contributed by atoms with Crippen molar-refractivity contribution < 1.29 is 12.9 Å². The van der Waals surface area contributed by atoms with Crippen molar-refractivity contribution in [3.05, 3.63) is 60.0 Å². The Balaban J connectivity index is 1.59. The number of hydrogen-bond donors (Lipinski definition) is 1. The Bertz CT molecular complexity index is 953. The number of nitrogens with one attached hydrogen (secondary N) is 1. The van der Waals surface area contributed by atoms with Gasteiger partial charge in [-0.1, -0.05) is 41.9 Å². The largest absolute Gasteiger partial charge is 0.339 e. The molecule has 136 valence electrons. The number of rotatable bonds is 5. The molecule has 0 saturated carbocycles. The second kappa shape index (κ2) is 7.00. The average molecular weight is 373 g/mol. The van der Waals surface area contributed by atoms with Gasteiger partial charge in [0.25, 0.3) is 10.0 Å². The van der Waals surface area contributed by atoms with Gasteiger partial charge >= 0.3 is 0 Å². The van der Waals surface area contributed by atoms with Crippen LogP contribution in [-0.2, 0) is 16.4 Å². The molecule has 0 amide bonds. The van der Waals surface area contributed by atoms with Crippen LogP contribution < -0.4 is 0 Å². The van der Waals surface area contributed by atoms with E-state index in [0.29, 0.717) is 31.1 Å². The van der Waals surface area contributed by atoms with E-state index in [1.807, 2.05) is 30.3 Å². The van der Waals surface area contributed by atoms with Gasteiger partial charge in [-0.25, -0.2) is 13.4 Å². The number of hydrogen-bond acceptors (Lipinski definition) is 6. The van der Waals surface area contributed by atoms with Gasteiger partial charge in [0.15, 0.2) is 5.82 Å². The highest BCUT2D eigenvalue weighted by atomic mass is 32.2. The van der Waals surface area contributed by atoms with E-state index in [1.54, 1.807) is 0 Å². The monoisotopic (exact) mass is 373 g/mol. The van der Waals surface area contributed by atoms with E-state index in [4.69, 9.17) is 4.52 Å². The Morgan fingerprint density at radius 2 is 2.08 bits per heavy atom. The van der Waals surface area contributed by atoms with Crippen LogP contribution >= 0.6 is 0 Å². The van der Waals surface area contributed by atoms with Crippen LogP contribution in [0.4, 0.5) is 0 Å². The molecule has 8 nitrogen and oxygen atoms in total. The predicted molar refractivity (Wildman–Crippen MR) is 92.6 cm³/mol. The Labute approximate surface area is 151 Å². The maximum absolute atomic E-state index is 12.9. The van der Waals surface area contributed by atoms with Crippen molar-refractivity contribution in [1.82, 2.24) is 24.4 Å². The number of benzene rings is 1. The smallest absolute Gasteiger partial charge is 0.277 e. The molecule has 1 saturated heterocycles. The number of piperidine rings is 1. The minimum atomic E-state index is -3.72. The molecule has 3 aromatic rings. The third-order valence-corrected chi connectivity index (χ3v) is 6.23. The van der Waals surface area contributed by atoms with Crippen molar-refractivity contribution in [1.29, 1.82) is 0 Å². The molecule has 9 heteroatoms. The normalized spacial score (nSPS) is 18.8. The fourth-order valence-corrected chi connectivity index (χ4v) is 4.74. The Morgan fingerprint density at radius 3 is 2.85 bits per heavy atom. The maximum atomic E-state index is 12.9. The summed E-state index contributed by atoms with van der Waals surface area (Å²) in [6.45, 7) is 0.413. The first-order valence-corrected chi connectivity index (χ1v) is 9.96. The minimum absolute atomic E-state index is 0.0580.